The molecule has 0 fully saturated rings. The van der Waals surface area contributed by atoms with Crippen molar-refractivity contribution in [2.24, 2.45) is 0 Å². The maximum atomic E-state index is 13.4. The number of rotatable bonds is 6. The maximum absolute atomic E-state index is 13.4. The van der Waals surface area contributed by atoms with Crippen molar-refractivity contribution >= 4 is 5.69 Å². The van der Waals surface area contributed by atoms with E-state index in [2.05, 4.69) is 12.2 Å². The van der Waals surface area contributed by atoms with Crippen molar-refractivity contribution in [1.29, 1.82) is 0 Å². The van der Waals surface area contributed by atoms with Gasteiger partial charge in [-0.2, -0.15) is 0 Å². The fourth-order valence-corrected chi connectivity index (χ4v) is 1.66. The number of hydrogen-bond donors (Lipinski definition) is 1. The molecule has 1 aromatic carbocycles. The Bertz CT molecular complexity index is 315. The molecule has 0 saturated heterocycles. The molecule has 16 heavy (non-hydrogen) atoms. The second-order valence-electron chi connectivity index (χ2n) is 4.20. The third-order valence-electron chi connectivity index (χ3n) is 2.89. The van der Waals surface area contributed by atoms with Gasteiger partial charge < -0.3 is 10.2 Å². The molecule has 3 heteroatoms. The van der Waals surface area contributed by atoms with Crippen molar-refractivity contribution in [2.45, 2.75) is 25.8 Å². The summed E-state index contributed by atoms with van der Waals surface area (Å²) in [6, 6.07) is 7.42. The predicted octanol–water partition coefficient (Wildman–Crippen LogP) is 2.65. The molecule has 1 atom stereocenters. The van der Waals surface area contributed by atoms with E-state index in [4.69, 9.17) is 0 Å². The molecule has 0 spiro atoms. The van der Waals surface area contributed by atoms with E-state index in [0.29, 0.717) is 11.7 Å². The summed E-state index contributed by atoms with van der Waals surface area (Å²) in [4.78, 5) is 1.97. The molecule has 0 aromatic heterocycles. The first-order valence-electron chi connectivity index (χ1n) is 5.78. The Morgan fingerprint density at radius 1 is 1.38 bits per heavy atom. The molecule has 0 amide bonds. The zero-order chi connectivity index (χ0) is 12.0. The highest BCUT2D eigenvalue weighted by molar-refractivity contribution is 5.46. The smallest absolute Gasteiger partial charge is 0.146 e. The average Bonchev–Trinajstić information content (AvgIpc) is 2.29. The number of anilines is 1. The maximum Gasteiger partial charge on any atom is 0.146 e. The molecule has 1 N–H and O–H groups in total. The summed E-state index contributed by atoms with van der Waals surface area (Å²) in [6.07, 6.45) is 2.17. The van der Waals surface area contributed by atoms with Crippen LogP contribution in [0.15, 0.2) is 24.3 Å². The molecule has 0 radical (unpaired) electrons. The van der Waals surface area contributed by atoms with Gasteiger partial charge in [0.05, 0.1) is 5.69 Å². The van der Waals surface area contributed by atoms with Crippen molar-refractivity contribution in [1.82, 2.24) is 5.32 Å². The van der Waals surface area contributed by atoms with Crippen molar-refractivity contribution in [3.05, 3.63) is 30.1 Å². The molecule has 0 aliphatic heterocycles. The van der Waals surface area contributed by atoms with E-state index >= 15 is 0 Å². The molecular formula is C13H21FN2. The Kier molecular flexibility index (Phi) is 5.26. The SMILES string of the molecule is CNC(C)CCCN(C)c1ccccc1F. The van der Waals surface area contributed by atoms with Crippen LogP contribution >= 0.6 is 0 Å². The topological polar surface area (TPSA) is 15.3 Å². The highest BCUT2D eigenvalue weighted by atomic mass is 19.1. The lowest BCUT2D eigenvalue weighted by atomic mass is 10.2. The van der Waals surface area contributed by atoms with Gasteiger partial charge >= 0.3 is 0 Å². The molecule has 90 valence electrons. The van der Waals surface area contributed by atoms with Crippen LogP contribution < -0.4 is 10.2 Å². The Labute approximate surface area is 97.5 Å². The standard InChI is InChI=1S/C13H21FN2/c1-11(15-2)7-6-10-16(3)13-9-5-4-8-12(13)14/h4-5,8-9,11,15H,6-7,10H2,1-3H3. The first-order chi connectivity index (χ1) is 7.65. The van der Waals surface area contributed by atoms with E-state index < -0.39 is 0 Å². The van der Waals surface area contributed by atoms with Gasteiger partial charge in [0.25, 0.3) is 0 Å². The van der Waals surface area contributed by atoms with Crippen LogP contribution in [0.25, 0.3) is 0 Å². The lowest BCUT2D eigenvalue weighted by Gasteiger charge is -2.20. The normalized spacial score (nSPS) is 12.5. The van der Waals surface area contributed by atoms with Crippen LogP contribution in [0.5, 0.6) is 0 Å². The van der Waals surface area contributed by atoms with Crippen molar-refractivity contribution in [3.63, 3.8) is 0 Å². The first kappa shape index (κ1) is 13.0. The summed E-state index contributed by atoms with van der Waals surface area (Å²) in [6.45, 7) is 3.04. The van der Waals surface area contributed by atoms with Crippen molar-refractivity contribution in [2.75, 3.05) is 25.5 Å². The second kappa shape index (κ2) is 6.48. The minimum Gasteiger partial charge on any atom is -0.372 e. The van der Waals surface area contributed by atoms with Crippen LogP contribution in [-0.2, 0) is 0 Å². The number of nitrogens with zero attached hydrogens (tertiary/aromatic N) is 1. The zero-order valence-corrected chi connectivity index (χ0v) is 10.3. The van der Waals surface area contributed by atoms with Crippen LogP contribution in [0.1, 0.15) is 19.8 Å². The first-order valence-corrected chi connectivity index (χ1v) is 5.78. The van der Waals surface area contributed by atoms with Gasteiger partial charge in [0.2, 0.25) is 0 Å². The Balaban J connectivity index is 2.41. The molecule has 0 saturated carbocycles. The summed E-state index contributed by atoms with van der Waals surface area (Å²) in [5.74, 6) is -0.147. The van der Waals surface area contributed by atoms with E-state index in [-0.39, 0.29) is 5.82 Å². The Hall–Kier alpha value is -1.09. The quantitative estimate of drug-likeness (QED) is 0.799. The number of hydrogen-bond acceptors (Lipinski definition) is 2. The van der Waals surface area contributed by atoms with Gasteiger partial charge in [-0.15, -0.1) is 0 Å². The molecule has 0 heterocycles. The molecular weight excluding hydrogens is 203 g/mol. The van der Waals surface area contributed by atoms with E-state index in [0.717, 1.165) is 19.4 Å². The third kappa shape index (κ3) is 3.81. The van der Waals surface area contributed by atoms with Crippen LogP contribution in [0.2, 0.25) is 0 Å². The van der Waals surface area contributed by atoms with E-state index in [1.807, 2.05) is 31.1 Å². The second-order valence-corrected chi connectivity index (χ2v) is 4.20. The minimum absolute atomic E-state index is 0.147. The van der Waals surface area contributed by atoms with Gasteiger partial charge in [0, 0.05) is 19.6 Å². The van der Waals surface area contributed by atoms with Gasteiger partial charge in [-0.25, -0.2) is 4.39 Å². The molecule has 1 aromatic rings. The largest absolute Gasteiger partial charge is 0.372 e. The lowest BCUT2D eigenvalue weighted by Crippen LogP contribution is -2.25. The third-order valence-corrected chi connectivity index (χ3v) is 2.89. The van der Waals surface area contributed by atoms with Crippen LogP contribution in [0.3, 0.4) is 0 Å². The van der Waals surface area contributed by atoms with Gasteiger partial charge in [0.15, 0.2) is 0 Å². The fourth-order valence-electron chi connectivity index (χ4n) is 1.66. The molecule has 1 unspecified atom stereocenters. The van der Waals surface area contributed by atoms with Crippen molar-refractivity contribution in [3.8, 4) is 0 Å². The van der Waals surface area contributed by atoms with Crippen LogP contribution in [0.4, 0.5) is 10.1 Å². The lowest BCUT2D eigenvalue weighted by molar-refractivity contribution is 0.540. The van der Waals surface area contributed by atoms with Gasteiger partial charge in [-0.1, -0.05) is 12.1 Å². The Morgan fingerprint density at radius 3 is 2.69 bits per heavy atom. The summed E-state index contributed by atoms with van der Waals surface area (Å²) in [7, 11) is 3.90. The number of benzene rings is 1. The summed E-state index contributed by atoms with van der Waals surface area (Å²) in [5, 5.41) is 3.20. The fraction of sp³-hybridized carbons (Fsp3) is 0.538. The number of nitrogens with one attached hydrogen (secondary N) is 1. The molecule has 0 aliphatic carbocycles. The molecule has 0 aliphatic rings. The number of halogens is 1. The monoisotopic (exact) mass is 224 g/mol. The van der Waals surface area contributed by atoms with E-state index in [1.165, 1.54) is 6.07 Å². The minimum atomic E-state index is -0.147. The van der Waals surface area contributed by atoms with Gasteiger partial charge in [0.1, 0.15) is 5.82 Å². The highest BCUT2D eigenvalue weighted by Crippen LogP contribution is 2.17. The van der Waals surface area contributed by atoms with Crippen LogP contribution in [-0.4, -0.2) is 26.7 Å². The van der Waals surface area contributed by atoms with Gasteiger partial charge in [-0.3, -0.25) is 0 Å². The van der Waals surface area contributed by atoms with Crippen LogP contribution in [0, 0.1) is 5.82 Å². The predicted molar refractivity (Wildman–Crippen MR) is 67.4 cm³/mol. The van der Waals surface area contributed by atoms with Crippen molar-refractivity contribution < 1.29 is 4.39 Å². The highest BCUT2D eigenvalue weighted by Gasteiger charge is 2.06. The van der Waals surface area contributed by atoms with Gasteiger partial charge in [-0.05, 0) is 38.9 Å². The summed E-state index contributed by atoms with van der Waals surface area (Å²) in [5.41, 5.74) is 0.680. The molecule has 2 nitrogen and oxygen atoms in total. The summed E-state index contributed by atoms with van der Waals surface area (Å²) < 4.78 is 13.4. The average molecular weight is 224 g/mol. The zero-order valence-electron chi connectivity index (χ0n) is 10.3. The van der Waals surface area contributed by atoms with E-state index in [1.54, 1.807) is 6.07 Å². The van der Waals surface area contributed by atoms with E-state index in [9.17, 15) is 4.39 Å². The molecule has 0 bridgehead atoms. The molecule has 1 rings (SSSR count). The number of para-hydroxylation sites is 1. The Morgan fingerprint density at radius 2 is 2.06 bits per heavy atom. The summed E-state index contributed by atoms with van der Waals surface area (Å²) >= 11 is 0.